The first-order valence-corrected chi connectivity index (χ1v) is 6.94. The fourth-order valence-corrected chi connectivity index (χ4v) is 2.49. The molecule has 0 bridgehead atoms. The molecule has 1 aliphatic heterocycles. The van der Waals surface area contributed by atoms with Crippen molar-refractivity contribution in [3.63, 3.8) is 0 Å². The molecule has 0 aliphatic carbocycles. The van der Waals surface area contributed by atoms with Crippen LogP contribution < -0.4 is 0 Å². The molecule has 0 spiro atoms. The zero-order valence-electron chi connectivity index (χ0n) is 11.6. The first-order chi connectivity index (χ1) is 8.11. The van der Waals surface area contributed by atoms with Gasteiger partial charge in [0.2, 0.25) is 0 Å². The van der Waals surface area contributed by atoms with E-state index in [1.54, 1.807) is 6.92 Å². The van der Waals surface area contributed by atoms with Crippen LogP contribution in [-0.4, -0.2) is 42.5 Å². The monoisotopic (exact) mass is 241 g/mol. The van der Waals surface area contributed by atoms with E-state index in [4.69, 9.17) is 4.74 Å². The van der Waals surface area contributed by atoms with Crippen LogP contribution in [0.2, 0.25) is 0 Å². The number of ketones is 1. The molecule has 1 atom stereocenters. The van der Waals surface area contributed by atoms with Gasteiger partial charge in [-0.1, -0.05) is 12.8 Å². The van der Waals surface area contributed by atoms with Gasteiger partial charge in [0.05, 0.1) is 13.2 Å². The largest absolute Gasteiger partial charge is 0.379 e. The lowest BCUT2D eigenvalue weighted by atomic mass is 10.1. The van der Waals surface area contributed by atoms with E-state index in [-0.39, 0.29) is 5.78 Å². The van der Waals surface area contributed by atoms with Crippen LogP contribution in [0.3, 0.4) is 0 Å². The van der Waals surface area contributed by atoms with Gasteiger partial charge in [-0.25, -0.2) is 0 Å². The van der Waals surface area contributed by atoms with Crippen LogP contribution in [0.5, 0.6) is 0 Å². The summed E-state index contributed by atoms with van der Waals surface area (Å²) in [6.07, 6.45) is 5.74. The second-order valence-electron chi connectivity index (χ2n) is 5.36. The molecule has 1 fully saturated rings. The first kappa shape index (κ1) is 14.7. The summed E-state index contributed by atoms with van der Waals surface area (Å²) in [5.41, 5.74) is 0. The Bertz CT molecular complexity index is 228. The van der Waals surface area contributed by atoms with Crippen molar-refractivity contribution < 1.29 is 9.53 Å². The highest BCUT2D eigenvalue weighted by Gasteiger charge is 2.23. The van der Waals surface area contributed by atoms with Crippen molar-refractivity contribution in [3.8, 4) is 0 Å². The number of carbonyl (C=O) groups is 1. The molecule has 0 N–H and O–H groups in total. The van der Waals surface area contributed by atoms with E-state index < -0.39 is 0 Å². The molecule has 17 heavy (non-hydrogen) atoms. The van der Waals surface area contributed by atoms with E-state index in [1.807, 2.05) is 0 Å². The zero-order chi connectivity index (χ0) is 12.7. The van der Waals surface area contributed by atoms with Gasteiger partial charge in [0.25, 0.3) is 0 Å². The van der Waals surface area contributed by atoms with Crippen molar-refractivity contribution in [2.75, 3.05) is 19.8 Å². The van der Waals surface area contributed by atoms with E-state index in [9.17, 15) is 4.79 Å². The lowest BCUT2D eigenvalue weighted by Gasteiger charge is -2.33. The van der Waals surface area contributed by atoms with Crippen molar-refractivity contribution in [1.82, 2.24) is 4.90 Å². The van der Waals surface area contributed by atoms with Gasteiger partial charge in [-0.3, -0.25) is 9.69 Å². The summed E-state index contributed by atoms with van der Waals surface area (Å²) in [7, 11) is 0. The maximum Gasteiger partial charge on any atom is 0.132 e. The third-order valence-electron chi connectivity index (χ3n) is 3.49. The van der Waals surface area contributed by atoms with Crippen molar-refractivity contribution in [2.45, 2.75) is 65.0 Å². The molecule has 0 saturated carbocycles. The lowest BCUT2D eigenvalue weighted by molar-refractivity contribution is -0.118. The van der Waals surface area contributed by atoms with Crippen LogP contribution >= 0.6 is 0 Å². The lowest BCUT2D eigenvalue weighted by Crippen LogP contribution is -2.42. The average Bonchev–Trinajstić information content (AvgIpc) is 2.49. The molecular formula is C14H27NO2. The smallest absolute Gasteiger partial charge is 0.132 e. The van der Waals surface area contributed by atoms with Crippen LogP contribution in [0.15, 0.2) is 0 Å². The van der Waals surface area contributed by atoms with Crippen LogP contribution in [0.4, 0.5) is 0 Å². The van der Waals surface area contributed by atoms with Crippen molar-refractivity contribution in [1.29, 1.82) is 0 Å². The Hall–Kier alpha value is -0.410. The summed E-state index contributed by atoms with van der Waals surface area (Å²) in [6.45, 7) is 8.69. The maximum atomic E-state index is 10.8. The van der Waals surface area contributed by atoms with Gasteiger partial charge in [0.15, 0.2) is 0 Å². The molecule has 0 radical (unpaired) electrons. The molecular weight excluding hydrogens is 214 g/mol. The molecule has 1 heterocycles. The molecule has 0 aromatic heterocycles. The molecule has 3 heteroatoms. The fraction of sp³-hybridized carbons (Fsp3) is 0.929. The van der Waals surface area contributed by atoms with E-state index in [0.717, 1.165) is 6.61 Å². The van der Waals surface area contributed by atoms with Crippen molar-refractivity contribution in [2.24, 2.45) is 0 Å². The van der Waals surface area contributed by atoms with Crippen LogP contribution in [-0.2, 0) is 9.53 Å². The highest BCUT2D eigenvalue weighted by Crippen LogP contribution is 2.19. The Morgan fingerprint density at radius 1 is 1.35 bits per heavy atom. The minimum Gasteiger partial charge on any atom is -0.379 e. The molecule has 1 unspecified atom stereocenters. The summed E-state index contributed by atoms with van der Waals surface area (Å²) >= 11 is 0. The number of likely N-dealkylation sites (tertiary alicyclic amines) is 1. The predicted octanol–water partition coefficient (Wildman–Crippen LogP) is 2.64. The third kappa shape index (κ3) is 5.64. The number of Topliss-reactive ketones (excluding diaryl/α,β-unsaturated/α-hetero) is 1. The van der Waals surface area contributed by atoms with Gasteiger partial charge >= 0.3 is 0 Å². The summed E-state index contributed by atoms with van der Waals surface area (Å²) in [6, 6.07) is 1.14. The van der Waals surface area contributed by atoms with Gasteiger partial charge in [-0.2, -0.15) is 0 Å². The van der Waals surface area contributed by atoms with Gasteiger partial charge in [-0.15, -0.1) is 0 Å². The highest BCUT2D eigenvalue weighted by atomic mass is 16.5. The molecule has 0 aromatic carbocycles. The Balaban J connectivity index is 2.33. The van der Waals surface area contributed by atoms with Crippen LogP contribution in [0, 0.1) is 0 Å². The SMILES string of the molecule is CC(=O)CCOCC1CCCCCN1C(C)C. The number of carbonyl (C=O) groups excluding carboxylic acids is 1. The minimum absolute atomic E-state index is 0.214. The quantitative estimate of drug-likeness (QED) is 0.670. The van der Waals surface area contributed by atoms with Gasteiger partial charge in [0.1, 0.15) is 5.78 Å². The van der Waals surface area contributed by atoms with Crippen LogP contribution in [0.25, 0.3) is 0 Å². The van der Waals surface area contributed by atoms with E-state index in [1.165, 1.54) is 32.2 Å². The van der Waals surface area contributed by atoms with Crippen molar-refractivity contribution >= 4 is 5.78 Å². The van der Waals surface area contributed by atoms with Gasteiger partial charge < -0.3 is 4.74 Å². The predicted molar refractivity (Wildman–Crippen MR) is 70.2 cm³/mol. The summed E-state index contributed by atoms with van der Waals surface area (Å²) in [5.74, 6) is 0.214. The number of rotatable bonds is 6. The molecule has 100 valence electrons. The summed E-state index contributed by atoms with van der Waals surface area (Å²) < 4.78 is 5.66. The zero-order valence-corrected chi connectivity index (χ0v) is 11.6. The van der Waals surface area contributed by atoms with E-state index in [0.29, 0.717) is 25.1 Å². The Kier molecular flexibility index (Phi) is 6.75. The summed E-state index contributed by atoms with van der Waals surface area (Å²) in [4.78, 5) is 13.4. The average molecular weight is 241 g/mol. The van der Waals surface area contributed by atoms with Gasteiger partial charge in [-0.05, 0) is 40.2 Å². The normalized spacial score (nSPS) is 22.7. The fourth-order valence-electron chi connectivity index (χ4n) is 2.49. The first-order valence-electron chi connectivity index (χ1n) is 6.94. The second-order valence-corrected chi connectivity index (χ2v) is 5.36. The molecule has 0 aromatic rings. The molecule has 1 rings (SSSR count). The Labute approximate surface area is 106 Å². The third-order valence-corrected chi connectivity index (χ3v) is 3.49. The highest BCUT2D eigenvalue weighted by molar-refractivity contribution is 5.75. The number of ether oxygens (including phenoxy) is 1. The maximum absolute atomic E-state index is 10.8. The Morgan fingerprint density at radius 2 is 2.12 bits per heavy atom. The van der Waals surface area contributed by atoms with E-state index >= 15 is 0 Å². The number of hydrogen-bond acceptors (Lipinski definition) is 3. The number of nitrogens with zero attached hydrogens (tertiary/aromatic N) is 1. The molecule has 1 saturated heterocycles. The second kappa shape index (κ2) is 7.83. The molecule has 3 nitrogen and oxygen atoms in total. The molecule has 1 aliphatic rings. The van der Waals surface area contributed by atoms with Crippen LogP contribution in [0.1, 0.15) is 52.9 Å². The standard InChI is InChI=1S/C14H27NO2/c1-12(2)15-9-6-4-5-7-14(15)11-17-10-8-13(3)16/h12,14H,4-11H2,1-3H3. The molecule has 0 amide bonds. The summed E-state index contributed by atoms with van der Waals surface area (Å²) in [5, 5.41) is 0. The number of hydrogen-bond donors (Lipinski definition) is 0. The topological polar surface area (TPSA) is 29.5 Å². The van der Waals surface area contributed by atoms with Gasteiger partial charge in [0, 0.05) is 18.5 Å². The minimum atomic E-state index is 0.214. The Morgan fingerprint density at radius 3 is 2.76 bits per heavy atom. The van der Waals surface area contributed by atoms with E-state index in [2.05, 4.69) is 18.7 Å². The van der Waals surface area contributed by atoms with Crippen molar-refractivity contribution in [3.05, 3.63) is 0 Å².